The van der Waals surface area contributed by atoms with E-state index in [1.165, 1.54) is 12.1 Å². The van der Waals surface area contributed by atoms with Gasteiger partial charge in [-0.2, -0.15) is 0 Å². The minimum absolute atomic E-state index is 0.180. The predicted octanol–water partition coefficient (Wildman–Crippen LogP) is 1.65. The lowest BCUT2D eigenvalue weighted by Gasteiger charge is -2.17. The lowest BCUT2D eigenvalue weighted by molar-refractivity contribution is 0.0781. The molecule has 0 aliphatic carbocycles. The average molecular weight is 254 g/mol. The van der Waals surface area contributed by atoms with Crippen molar-refractivity contribution in [3.05, 3.63) is 35.4 Å². The van der Waals surface area contributed by atoms with E-state index < -0.39 is 17.5 Å². The van der Waals surface area contributed by atoms with Crippen molar-refractivity contribution >= 4 is 5.91 Å². The normalized spacial score (nSPS) is 19.3. The summed E-state index contributed by atoms with van der Waals surface area (Å²) in [7, 11) is 1.86. The Morgan fingerprint density at radius 2 is 2.28 bits per heavy atom. The van der Waals surface area contributed by atoms with Crippen LogP contribution in [0.15, 0.2) is 18.2 Å². The highest BCUT2D eigenvalue weighted by Crippen LogP contribution is 2.20. The molecule has 1 aromatic rings. The SMILES string of the molecule is CNC[C@@H]1CCN(C(=O)c2cccc(F)c2F)C1. The van der Waals surface area contributed by atoms with Gasteiger partial charge in [-0.15, -0.1) is 0 Å². The van der Waals surface area contributed by atoms with Gasteiger partial charge in [0, 0.05) is 13.1 Å². The van der Waals surface area contributed by atoms with Gasteiger partial charge in [-0.1, -0.05) is 6.07 Å². The molecule has 1 amide bonds. The fraction of sp³-hybridized carbons (Fsp3) is 0.462. The van der Waals surface area contributed by atoms with Crippen LogP contribution in [0.3, 0.4) is 0 Å². The molecule has 0 unspecified atom stereocenters. The van der Waals surface area contributed by atoms with E-state index >= 15 is 0 Å². The summed E-state index contributed by atoms with van der Waals surface area (Å²) >= 11 is 0. The summed E-state index contributed by atoms with van der Waals surface area (Å²) in [6.45, 7) is 2.02. The Hall–Kier alpha value is -1.49. The Bertz CT molecular complexity index is 451. The largest absolute Gasteiger partial charge is 0.338 e. The van der Waals surface area contributed by atoms with Gasteiger partial charge in [-0.05, 0) is 38.1 Å². The summed E-state index contributed by atoms with van der Waals surface area (Å²) in [6, 6.07) is 3.69. The molecule has 0 aromatic heterocycles. The smallest absolute Gasteiger partial charge is 0.256 e. The van der Waals surface area contributed by atoms with Gasteiger partial charge in [0.1, 0.15) is 0 Å². The van der Waals surface area contributed by atoms with E-state index in [1.807, 2.05) is 7.05 Å². The summed E-state index contributed by atoms with van der Waals surface area (Å²) in [4.78, 5) is 13.7. The number of likely N-dealkylation sites (tertiary alicyclic amines) is 1. The second-order valence-corrected chi connectivity index (χ2v) is 4.56. The first kappa shape index (κ1) is 13.0. The summed E-state index contributed by atoms with van der Waals surface area (Å²) in [5.41, 5.74) is -0.180. The van der Waals surface area contributed by atoms with Crippen LogP contribution in [-0.2, 0) is 0 Å². The van der Waals surface area contributed by atoms with Crippen molar-refractivity contribution in [3.63, 3.8) is 0 Å². The molecular weight excluding hydrogens is 238 g/mol. The molecule has 3 nitrogen and oxygen atoms in total. The highest BCUT2D eigenvalue weighted by atomic mass is 19.2. The van der Waals surface area contributed by atoms with Gasteiger partial charge in [0.15, 0.2) is 11.6 Å². The molecule has 1 atom stereocenters. The second-order valence-electron chi connectivity index (χ2n) is 4.56. The molecule has 98 valence electrons. The fourth-order valence-corrected chi connectivity index (χ4v) is 2.31. The van der Waals surface area contributed by atoms with Crippen molar-refractivity contribution in [2.24, 2.45) is 5.92 Å². The molecule has 1 aliphatic rings. The number of halogens is 2. The van der Waals surface area contributed by atoms with Crippen molar-refractivity contribution in [3.8, 4) is 0 Å². The molecule has 1 aliphatic heterocycles. The molecule has 0 saturated carbocycles. The van der Waals surface area contributed by atoms with Crippen LogP contribution in [0.1, 0.15) is 16.8 Å². The van der Waals surface area contributed by atoms with Crippen molar-refractivity contribution in [1.29, 1.82) is 0 Å². The van der Waals surface area contributed by atoms with Crippen molar-refractivity contribution in [2.75, 3.05) is 26.7 Å². The number of nitrogens with zero attached hydrogens (tertiary/aromatic N) is 1. The van der Waals surface area contributed by atoms with E-state index in [2.05, 4.69) is 5.32 Å². The van der Waals surface area contributed by atoms with E-state index in [9.17, 15) is 13.6 Å². The van der Waals surface area contributed by atoms with Crippen LogP contribution < -0.4 is 5.32 Å². The van der Waals surface area contributed by atoms with Crippen LogP contribution in [0.25, 0.3) is 0 Å². The Morgan fingerprint density at radius 1 is 1.50 bits per heavy atom. The molecule has 1 heterocycles. The van der Waals surface area contributed by atoms with E-state index in [1.54, 1.807) is 4.90 Å². The van der Waals surface area contributed by atoms with Crippen LogP contribution in [0.2, 0.25) is 0 Å². The lowest BCUT2D eigenvalue weighted by Crippen LogP contribution is -2.31. The maximum absolute atomic E-state index is 13.5. The third-order valence-corrected chi connectivity index (χ3v) is 3.25. The van der Waals surface area contributed by atoms with Crippen molar-refractivity contribution in [1.82, 2.24) is 10.2 Å². The lowest BCUT2D eigenvalue weighted by atomic mass is 10.1. The highest BCUT2D eigenvalue weighted by Gasteiger charge is 2.28. The third-order valence-electron chi connectivity index (χ3n) is 3.25. The van der Waals surface area contributed by atoms with E-state index in [0.29, 0.717) is 19.0 Å². The van der Waals surface area contributed by atoms with Crippen LogP contribution in [0.4, 0.5) is 8.78 Å². The molecule has 1 fully saturated rings. The number of benzene rings is 1. The zero-order valence-electron chi connectivity index (χ0n) is 10.2. The zero-order valence-corrected chi connectivity index (χ0v) is 10.2. The number of carbonyl (C=O) groups excluding carboxylic acids is 1. The minimum atomic E-state index is -1.06. The van der Waals surface area contributed by atoms with Crippen molar-refractivity contribution in [2.45, 2.75) is 6.42 Å². The highest BCUT2D eigenvalue weighted by molar-refractivity contribution is 5.94. The Morgan fingerprint density at radius 3 is 3.00 bits per heavy atom. The van der Waals surface area contributed by atoms with Gasteiger partial charge >= 0.3 is 0 Å². The summed E-state index contributed by atoms with van der Waals surface area (Å²) in [5, 5.41) is 3.06. The molecule has 0 spiro atoms. The summed E-state index contributed by atoms with van der Waals surface area (Å²) in [6.07, 6.45) is 0.892. The van der Waals surface area contributed by atoms with E-state index in [0.717, 1.165) is 19.0 Å². The van der Waals surface area contributed by atoms with Crippen LogP contribution in [0.5, 0.6) is 0 Å². The van der Waals surface area contributed by atoms with Crippen LogP contribution in [0, 0.1) is 17.6 Å². The molecule has 1 aromatic carbocycles. The quantitative estimate of drug-likeness (QED) is 0.889. The number of amides is 1. The molecule has 1 saturated heterocycles. The number of carbonyl (C=O) groups is 1. The average Bonchev–Trinajstić information content (AvgIpc) is 2.81. The minimum Gasteiger partial charge on any atom is -0.338 e. The number of rotatable bonds is 3. The van der Waals surface area contributed by atoms with E-state index in [-0.39, 0.29) is 5.56 Å². The topological polar surface area (TPSA) is 32.3 Å². The molecule has 0 bridgehead atoms. The van der Waals surface area contributed by atoms with Gasteiger partial charge in [-0.25, -0.2) is 8.78 Å². The second kappa shape index (κ2) is 5.44. The van der Waals surface area contributed by atoms with Gasteiger partial charge < -0.3 is 10.2 Å². The number of hydrogen-bond donors (Lipinski definition) is 1. The van der Waals surface area contributed by atoms with Crippen LogP contribution >= 0.6 is 0 Å². The standard InChI is InChI=1S/C13H16F2N2O/c1-16-7-9-5-6-17(8-9)13(18)10-3-2-4-11(14)12(10)15/h2-4,9,16H,5-8H2,1H3/t9-/m0/s1. The van der Waals surface area contributed by atoms with Crippen LogP contribution in [-0.4, -0.2) is 37.5 Å². The number of nitrogens with one attached hydrogen (secondary N) is 1. The van der Waals surface area contributed by atoms with Gasteiger partial charge in [0.25, 0.3) is 5.91 Å². The number of hydrogen-bond acceptors (Lipinski definition) is 2. The first-order valence-corrected chi connectivity index (χ1v) is 6.01. The first-order chi connectivity index (χ1) is 8.63. The molecule has 1 N–H and O–H groups in total. The monoisotopic (exact) mass is 254 g/mol. The fourth-order valence-electron chi connectivity index (χ4n) is 2.31. The van der Waals surface area contributed by atoms with Gasteiger partial charge in [-0.3, -0.25) is 4.79 Å². The zero-order chi connectivity index (χ0) is 13.1. The Labute approximate surface area is 105 Å². The Kier molecular flexibility index (Phi) is 3.91. The molecule has 0 radical (unpaired) electrons. The van der Waals surface area contributed by atoms with Crippen molar-refractivity contribution < 1.29 is 13.6 Å². The van der Waals surface area contributed by atoms with E-state index in [4.69, 9.17) is 0 Å². The maximum atomic E-state index is 13.5. The van der Waals surface area contributed by atoms with Gasteiger partial charge in [0.05, 0.1) is 5.56 Å². The molecular formula is C13H16F2N2O. The third kappa shape index (κ3) is 2.51. The summed E-state index contributed by atoms with van der Waals surface area (Å²) < 4.78 is 26.6. The molecule has 18 heavy (non-hydrogen) atoms. The Balaban J connectivity index is 2.11. The predicted molar refractivity (Wildman–Crippen MR) is 64.3 cm³/mol. The van der Waals surface area contributed by atoms with Gasteiger partial charge in [0.2, 0.25) is 0 Å². The molecule has 2 rings (SSSR count). The first-order valence-electron chi connectivity index (χ1n) is 6.01. The maximum Gasteiger partial charge on any atom is 0.256 e. The summed E-state index contributed by atoms with van der Waals surface area (Å²) in [5.74, 6) is -2.08. The molecule has 5 heteroatoms.